The first-order chi connectivity index (χ1) is 10.6. The third-order valence-corrected chi connectivity index (χ3v) is 3.86. The van der Waals surface area contributed by atoms with Crippen LogP contribution in [0.3, 0.4) is 0 Å². The number of rotatable bonds is 7. The molecule has 2 atom stereocenters. The van der Waals surface area contributed by atoms with Crippen molar-refractivity contribution in [3.63, 3.8) is 0 Å². The van der Waals surface area contributed by atoms with Gasteiger partial charge in [-0.25, -0.2) is 4.79 Å². The molecule has 3 N–H and O–H groups in total. The third kappa shape index (κ3) is 4.71. The van der Waals surface area contributed by atoms with Crippen LogP contribution >= 0.6 is 0 Å². The van der Waals surface area contributed by atoms with Crippen LogP contribution in [0.25, 0.3) is 0 Å². The number of aliphatic hydroxyl groups excluding tert-OH is 1. The standard InChI is InChI=1S/C17H26N2O3/c1-12(2)7-9-22-10-8-18-17(21)19-16-14-6-4-3-5-13(14)11-15(16)20/h3-6,12,15-16,20H,7-11H2,1-2H3,(H2,18,19,21). The van der Waals surface area contributed by atoms with Gasteiger partial charge < -0.3 is 20.5 Å². The summed E-state index contributed by atoms with van der Waals surface area (Å²) in [6, 6.07) is 7.20. The topological polar surface area (TPSA) is 70.6 Å². The van der Waals surface area contributed by atoms with Gasteiger partial charge >= 0.3 is 6.03 Å². The smallest absolute Gasteiger partial charge is 0.315 e. The van der Waals surface area contributed by atoms with Crippen molar-refractivity contribution in [1.82, 2.24) is 10.6 Å². The Morgan fingerprint density at radius 1 is 1.36 bits per heavy atom. The number of fused-ring (bicyclic) bond motifs is 1. The molecule has 2 amide bonds. The Bertz CT molecular complexity index is 491. The van der Waals surface area contributed by atoms with Gasteiger partial charge in [-0.15, -0.1) is 0 Å². The van der Waals surface area contributed by atoms with E-state index in [0.29, 0.717) is 25.5 Å². The van der Waals surface area contributed by atoms with Crippen molar-refractivity contribution in [2.45, 2.75) is 38.8 Å². The lowest BCUT2D eigenvalue weighted by Crippen LogP contribution is -2.42. The molecule has 2 rings (SSSR count). The monoisotopic (exact) mass is 306 g/mol. The molecule has 0 saturated heterocycles. The summed E-state index contributed by atoms with van der Waals surface area (Å²) in [6.45, 7) is 5.99. The van der Waals surface area contributed by atoms with E-state index >= 15 is 0 Å². The quantitative estimate of drug-likeness (QED) is 0.675. The normalized spacial score (nSPS) is 20.0. The van der Waals surface area contributed by atoms with Gasteiger partial charge in [0.1, 0.15) is 0 Å². The Morgan fingerprint density at radius 3 is 2.91 bits per heavy atom. The van der Waals surface area contributed by atoms with Gasteiger partial charge in [-0.3, -0.25) is 0 Å². The molecule has 0 spiro atoms. The Morgan fingerprint density at radius 2 is 2.14 bits per heavy atom. The summed E-state index contributed by atoms with van der Waals surface area (Å²) < 4.78 is 5.45. The second kappa shape index (κ2) is 8.15. The Balaban J connectivity index is 1.69. The minimum atomic E-state index is -0.564. The molecule has 1 aromatic carbocycles. The Hall–Kier alpha value is -1.59. The summed E-state index contributed by atoms with van der Waals surface area (Å²) in [5, 5.41) is 15.7. The number of carbonyl (C=O) groups excluding carboxylic acids is 1. The lowest BCUT2D eigenvalue weighted by Gasteiger charge is -2.18. The number of amides is 2. The van der Waals surface area contributed by atoms with Crippen LogP contribution in [0.5, 0.6) is 0 Å². The molecule has 22 heavy (non-hydrogen) atoms. The number of aliphatic hydroxyl groups is 1. The molecule has 0 bridgehead atoms. The Labute approximate surface area is 132 Å². The summed E-state index contributed by atoms with van der Waals surface area (Å²) in [6.07, 6.45) is 1.04. The van der Waals surface area contributed by atoms with E-state index in [9.17, 15) is 9.90 Å². The van der Waals surface area contributed by atoms with E-state index in [1.165, 1.54) is 0 Å². The lowest BCUT2D eigenvalue weighted by molar-refractivity contribution is 0.124. The molecule has 0 fully saturated rings. The zero-order valence-corrected chi connectivity index (χ0v) is 13.3. The van der Waals surface area contributed by atoms with Gasteiger partial charge in [0, 0.05) is 19.6 Å². The summed E-state index contributed by atoms with van der Waals surface area (Å²) in [5.74, 6) is 0.625. The molecule has 2 unspecified atom stereocenters. The maximum atomic E-state index is 11.9. The fourth-order valence-electron chi connectivity index (χ4n) is 2.60. The summed E-state index contributed by atoms with van der Waals surface area (Å²) in [4.78, 5) is 11.9. The highest BCUT2D eigenvalue weighted by molar-refractivity contribution is 5.74. The van der Waals surface area contributed by atoms with E-state index in [-0.39, 0.29) is 12.1 Å². The molecule has 1 aromatic rings. The first-order valence-electron chi connectivity index (χ1n) is 7.96. The third-order valence-electron chi connectivity index (χ3n) is 3.86. The highest BCUT2D eigenvalue weighted by Gasteiger charge is 2.31. The Kier molecular flexibility index (Phi) is 6.21. The molecule has 0 saturated carbocycles. The van der Waals surface area contributed by atoms with Crippen molar-refractivity contribution in [3.05, 3.63) is 35.4 Å². The van der Waals surface area contributed by atoms with Gasteiger partial charge in [-0.2, -0.15) is 0 Å². The molecule has 1 aliphatic carbocycles. The number of carbonyl (C=O) groups is 1. The van der Waals surface area contributed by atoms with Crippen molar-refractivity contribution in [3.8, 4) is 0 Å². The van der Waals surface area contributed by atoms with E-state index in [1.807, 2.05) is 24.3 Å². The van der Waals surface area contributed by atoms with Crippen molar-refractivity contribution in [2.24, 2.45) is 5.92 Å². The zero-order chi connectivity index (χ0) is 15.9. The van der Waals surface area contributed by atoms with E-state index in [2.05, 4.69) is 24.5 Å². The van der Waals surface area contributed by atoms with E-state index in [1.54, 1.807) is 0 Å². The van der Waals surface area contributed by atoms with E-state index in [4.69, 9.17) is 4.74 Å². The van der Waals surface area contributed by atoms with Crippen LogP contribution < -0.4 is 10.6 Å². The first-order valence-corrected chi connectivity index (χ1v) is 7.96. The fourth-order valence-corrected chi connectivity index (χ4v) is 2.60. The second-order valence-corrected chi connectivity index (χ2v) is 6.14. The summed E-state index contributed by atoms with van der Waals surface area (Å²) in [5.41, 5.74) is 2.09. The van der Waals surface area contributed by atoms with Crippen molar-refractivity contribution in [2.75, 3.05) is 19.8 Å². The van der Waals surface area contributed by atoms with Crippen molar-refractivity contribution >= 4 is 6.03 Å². The molecule has 0 radical (unpaired) electrons. The number of urea groups is 1. The van der Waals surface area contributed by atoms with Crippen LogP contribution in [0, 0.1) is 5.92 Å². The number of hydrogen-bond donors (Lipinski definition) is 3. The fraction of sp³-hybridized carbons (Fsp3) is 0.588. The molecule has 5 nitrogen and oxygen atoms in total. The predicted molar refractivity (Wildman–Crippen MR) is 85.7 cm³/mol. The molecule has 0 aromatic heterocycles. The van der Waals surface area contributed by atoms with Gasteiger partial charge in [0.25, 0.3) is 0 Å². The van der Waals surface area contributed by atoms with Gasteiger partial charge in [0.15, 0.2) is 0 Å². The largest absolute Gasteiger partial charge is 0.390 e. The van der Waals surface area contributed by atoms with Crippen molar-refractivity contribution < 1.29 is 14.6 Å². The summed E-state index contributed by atoms with van der Waals surface area (Å²) in [7, 11) is 0. The molecule has 0 aliphatic heterocycles. The zero-order valence-electron chi connectivity index (χ0n) is 13.3. The maximum absolute atomic E-state index is 11.9. The SMILES string of the molecule is CC(C)CCOCCNC(=O)NC1c2ccccc2CC1O. The predicted octanol–water partition coefficient (Wildman–Crippen LogP) is 2.01. The highest BCUT2D eigenvalue weighted by Crippen LogP contribution is 2.30. The first kappa shape index (κ1) is 16.8. The van der Waals surface area contributed by atoms with Crippen LogP contribution in [0.15, 0.2) is 24.3 Å². The van der Waals surface area contributed by atoms with Gasteiger partial charge in [-0.05, 0) is 23.5 Å². The van der Waals surface area contributed by atoms with Crippen molar-refractivity contribution in [1.29, 1.82) is 0 Å². The minimum Gasteiger partial charge on any atom is -0.390 e. The average molecular weight is 306 g/mol. The number of hydrogen-bond acceptors (Lipinski definition) is 3. The average Bonchev–Trinajstić information content (AvgIpc) is 2.79. The van der Waals surface area contributed by atoms with Gasteiger partial charge in [0.2, 0.25) is 0 Å². The van der Waals surface area contributed by atoms with Crippen LogP contribution in [-0.2, 0) is 11.2 Å². The second-order valence-electron chi connectivity index (χ2n) is 6.14. The molecule has 1 aliphatic rings. The number of nitrogens with one attached hydrogen (secondary N) is 2. The van der Waals surface area contributed by atoms with Gasteiger partial charge in [-0.1, -0.05) is 38.1 Å². The van der Waals surface area contributed by atoms with Crippen LogP contribution in [0.4, 0.5) is 4.79 Å². The number of ether oxygens (including phenoxy) is 1. The maximum Gasteiger partial charge on any atom is 0.315 e. The minimum absolute atomic E-state index is 0.270. The molecule has 0 heterocycles. The van der Waals surface area contributed by atoms with Crippen LogP contribution in [-0.4, -0.2) is 37.0 Å². The molecule has 5 heteroatoms. The summed E-state index contributed by atoms with van der Waals surface area (Å²) >= 11 is 0. The number of benzene rings is 1. The molecular formula is C17H26N2O3. The molecular weight excluding hydrogens is 280 g/mol. The van der Waals surface area contributed by atoms with Crippen LogP contribution in [0.1, 0.15) is 37.4 Å². The lowest BCUT2D eigenvalue weighted by atomic mass is 10.1. The van der Waals surface area contributed by atoms with E-state index in [0.717, 1.165) is 24.2 Å². The highest BCUT2D eigenvalue weighted by atomic mass is 16.5. The van der Waals surface area contributed by atoms with E-state index < -0.39 is 6.10 Å². The van der Waals surface area contributed by atoms with Gasteiger partial charge in [0.05, 0.1) is 18.8 Å². The molecule has 122 valence electrons. The van der Waals surface area contributed by atoms with Crippen LogP contribution in [0.2, 0.25) is 0 Å².